The Balaban J connectivity index is 1.68. The second-order valence-corrected chi connectivity index (χ2v) is 7.61. The second kappa shape index (κ2) is 7.63. The van der Waals surface area contributed by atoms with Crippen LogP contribution in [-0.2, 0) is 0 Å². The van der Waals surface area contributed by atoms with Gasteiger partial charge in [0.1, 0.15) is 5.75 Å². The lowest BCUT2D eigenvalue weighted by Gasteiger charge is -2.36. The van der Waals surface area contributed by atoms with Crippen LogP contribution in [-0.4, -0.2) is 47.0 Å². The van der Waals surface area contributed by atoms with Crippen LogP contribution in [0, 0.1) is 10.1 Å². The molecule has 1 saturated heterocycles. The van der Waals surface area contributed by atoms with Crippen LogP contribution in [0.4, 0.5) is 11.4 Å². The normalized spacial score (nSPS) is 14.4. The van der Waals surface area contributed by atoms with Crippen LogP contribution in [0.5, 0.6) is 5.75 Å². The monoisotopic (exact) mass is 483 g/mol. The predicted octanol–water partition coefficient (Wildman–Crippen LogP) is 3.79. The number of nitrogens with zero attached hydrogens (tertiary/aromatic N) is 3. The summed E-state index contributed by atoms with van der Waals surface area (Å²) in [5.74, 6) is -0.302. The highest BCUT2D eigenvalue weighted by Gasteiger charge is 2.25. The molecular weight excluding hydrogens is 470 g/mol. The fourth-order valence-corrected chi connectivity index (χ4v) is 4.08. The van der Waals surface area contributed by atoms with Gasteiger partial charge in [-0.05, 0) is 40.2 Å². The molecule has 0 spiro atoms. The number of aromatic hydroxyl groups is 1. The Bertz CT molecular complexity index is 850. The van der Waals surface area contributed by atoms with Gasteiger partial charge in [-0.25, -0.2) is 0 Å². The van der Waals surface area contributed by atoms with Crippen molar-refractivity contribution in [1.82, 2.24) is 4.90 Å². The molecule has 0 aromatic heterocycles. The van der Waals surface area contributed by atoms with E-state index in [9.17, 15) is 20.0 Å². The molecule has 9 heteroatoms. The van der Waals surface area contributed by atoms with E-state index in [1.165, 1.54) is 12.1 Å². The van der Waals surface area contributed by atoms with Gasteiger partial charge in [0.15, 0.2) is 0 Å². The molecule has 7 nitrogen and oxygen atoms in total. The van der Waals surface area contributed by atoms with E-state index in [0.717, 1.165) is 5.69 Å². The summed E-state index contributed by atoms with van der Waals surface area (Å²) >= 11 is 6.57. The van der Waals surface area contributed by atoms with Crippen molar-refractivity contribution in [2.75, 3.05) is 31.1 Å². The standard InChI is InChI=1S/C17H15Br2N3O4/c18-11-9-14(16(23)15(19)10-11)17(24)21-7-5-20(6-8-21)12-1-3-13(4-2-12)22(25)26/h1-4,9-10,23H,5-8H2. The highest BCUT2D eigenvalue weighted by Crippen LogP contribution is 2.32. The molecule has 0 aliphatic carbocycles. The van der Waals surface area contributed by atoms with Gasteiger partial charge < -0.3 is 14.9 Å². The van der Waals surface area contributed by atoms with Crippen LogP contribution in [0.1, 0.15) is 10.4 Å². The summed E-state index contributed by atoms with van der Waals surface area (Å²) in [6.07, 6.45) is 0. The van der Waals surface area contributed by atoms with E-state index in [1.807, 2.05) is 0 Å². The van der Waals surface area contributed by atoms with Crippen molar-refractivity contribution in [1.29, 1.82) is 0 Å². The molecule has 2 aromatic rings. The van der Waals surface area contributed by atoms with E-state index >= 15 is 0 Å². The molecular formula is C17H15Br2N3O4. The Hall–Kier alpha value is -2.13. The Labute approximate surface area is 166 Å². The lowest BCUT2D eigenvalue weighted by atomic mass is 10.1. The van der Waals surface area contributed by atoms with Crippen molar-refractivity contribution in [3.05, 3.63) is 61.0 Å². The van der Waals surface area contributed by atoms with Gasteiger partial charge in [0.2, 0.25) is 0 Å². The van der Waals surface area contributed by atoms with Gasteiger partial charge in [0.25, 0.3) is 11.6 Å². The smallest absolute Gasteiger partial charge is 0.269 e. The first kappa shape index (κ1) is 18.7. The van der Waals surface area contributed by atoms with Crippen molar-refractivity contribution in [3.8, 4) is 5.75 Å². The molecule has 1 fully saturated rings. The van der Waals surface area contributed by atoms with Crippen LogP contribution in [0.3, 0.4) is 0 Å². The number of benzene rings is 2. The molecule has 0 bridgehead atoms. The van der Waals surface area contributed by atoms with Gasteiger partial charge in [0.05, 0.1) is 15.0 Å². The number of piperazine rings is 1. The zero-order valence-corrected chi connectivity index (χ0v) is 16.7. The molecule has 1 amide bonds. The lowest BCUT2D eigenvalue weighted by Crippen LogP contribution is -2.48. The maximum absolute atomic E-state index is 12.7. The Morgan fingerprint density at radius 2 is 1.69 bits per heavy atom. The van der Waals surface area contributed by atoms with Crippen LogP contribution in [0.25, 0.3) is 0 Å². The number of rotatable bonds is 3. The number of nitro benzene ring substituents is 1. The SMILES string of the molecule is O=C(c1cc(Br)cc(Br)c1O)N1CCN(c2ccc([N+](=O)[O-])cc2)CC1. The molecule has 26 heavy (non-hydrogen) atoms. The zero-order valence-electron chi connectivity index (χ0n) is 13.6. The second-order valence-electron chi connectivity index (χ2n) is 5.84. The summed E-state index contributed by atoms with van der Waals surface area (Å²) in [5.41, 5.74) is 1.18. The van der Waals surface area contributed by atoms with E-state index in [2.05, 4.69) is 36.8 Å². The number of anilines is 1. The first-order chi connectivity index (χ1) is 12.4. The summed E-state index contributed by atoms with van der Waals surface area (Å²) in [6.45, 7) is 2.22. The van der Waals surface area contributed by atoms with Gasteiger partial charge >= 0.3 is 0 Å². The fraction of sp³-hybridized carbons (Fsp3) is 0.235. The molecule has 1 heterocycles. The van der Waals surface area contributed by atoms with E-state index < -0.39 is 4.92 Å². The molecule has 3 rings (SSSR count). The fourth-order valence-electron chi connectivity index (χ4n) is 2.85. The van der Waals surface area contributed by atoms with Gasteiger partial charge in [-0.15, -0.1) is 0 Å². The molecule has 1 aliphatic heterocycles. The minimum atomic E-state index is -0.428. The highest BCUT2D eigenvalue weighted by atomic mass is 79.9. The van der Waals surface area contributed by atoms with Crippen LogP contribution in [0.2, 0.25) is 0 Å². The average Bonchev–Trinajstić information content (AvgIpc) is 2.64. The highest BCUT2D eigenvalue weighted by molar-refractivity contribution is 9.11. The van der Waals surface area contributed by atoms with Crippen molar-refractivity contribution in [2.24, 2.45) is 0 Å². The maximum atomic E-state index is 12.7. The van der Waals surface area contributed by atoms with E-state index in [1.54, 1.807) is 29.2 Å². The minimum Gasteiger partial charge on any atom is -0.506 e. The van der Waals surface area contributed by atoms with Gasteiger partial charge in [-0.2, -0.15) is 0 Å². The molecule has 1 aliphatic rings. The number of non-ortho nitro benzene ring substituents is 1. The topological polar surface area (TPSA) is 86.9 Å². The maximum Gasteiger partial charge on any atom is 0.269 e. The lowest BCUT2D eigenvalue weighted by molar-refractivity contribution is -0.384. The number of phenolic OH excluding ortho intramolecular Hbond substituents is 1. The summed E-state index contributed by atoms with van der Waals surface area (Å²) in [5, 5.41) is 20.9. The molecule has 136 valence electrons. The largest absolute Gasteiger partial charge is 0.506 e. The zero-order chi connectivity index (χ0) is 18.8. The molecule has 0 atom stereocenters. The third kappa shape index (κ3) is 3.83. The summed E-state index contributed by atoms with van der Waals surface area (Å²) in [4.78, 5) is 26.8. The summed E-state index contributed by atoms with van der Waals surface area (Å²) < 4.78 is 1.16. The number of hydrogen-bond donors (Lipinski definition) is 1. The van der Waals surface area contributed by atoms with Crippen molar-refractivity contribution in [3.63, 3.8) is 0 Å². The first-order valence-corrected chi connectivity index (χ1v) is 9.42. The van der Waals surface area contributed by atoms with Crippen molar-refractivity contribution >= 4 is 49.1 Å². The van der Waals surface area contributed by atoms with Gasteiger partial charge in [-0.3, -0.25) is 14.9 Å². The van der Waals surface area contributed by atoms with Crippen LogP contribution in [0.15, 0.2) is 45.3 Å². The molecule has 2 aromatic carbocycles. The Kier molecular flexibility index (Phi) is 5.47. The number of halogens is 2. The van der Waals surface area contributed by atoms with Crippen molar-refractivity contribution < 1.29 is 14.8 Å². The summed E-state index contributed by atoms with van der Waals surface area (Å²) in [7, 11) is 0. The predicted molar refractivity (Wildman–Crippen MR) is 105 cm³/mol. The first-order valence-electron chi connectivity index (χ1n) is 7.83. The molecule has 0 radical (unpaired) electrons. The molecule has 1 N–H and O–H groups in total. The van der Waals surface area contributed by atoms with E-state index in [4.69, 9.17) is 0 Å². The number of amides is 1. The van der Waals surface area contributed by atoms with Gasteiger partial charge in [-0.1, -0.05) is 15.9 Å². The molecule has 0 unspecified atom stereocenters. The van der Waals surface area contributed by atoms with Crippen LogP contribution >= 0.6 is 31.9 Å². The Morgan fingerprint density at radius 1 is 1.08 bits per heavy atom. The number of nitro groups is 1. The number of hydrogen-bond acceptors (Lipinski definition) is 5. The average molecular weight is 485 g/mol. The number of phenols is 1. The van der Waals surface area contributed by atoms with E-state index in [0.29, 0.717) is 35.1 Å². The number of carbonyl (C=O) groups is 1. The Morgan fingerprint density at radius 3 is 2.27 bits per heavy atom. The number of carbonyl (C=O) groups excluding carboxylic acids is 1. The third-order valence-electron chi connectivity index (χ3n) is 4.25. The summed E-state index contributed by atoms with van der Waals surface area (Å²) in [6, 6.07) is 9.66. The quantitative estimate of drug-likeness (QED) is 0.529. The van der Waals surface area contributed by atoms with Crippen molar-refractivity contribution in [2.45, 2.75) is 0 Å². The van der Waals surface area contributed by atoms with Gasteiger partial charge in [0, 0.05) is 48.5 Å². The minimum absolute atomic E-state index is 0.0540. The van der Waals surface area contributed by atoms with E-state index in [-0.39, 0.29) is 22.9 Å². The third-order valence-corrected chi connectivity index (χ3v) is 5.31. The van der Waals surface area contributed by atoms with Crippen LogP contribution < -0.4 is 4.90 Å². The molecule has 0 saturated carbocycles.